The van der Waals surface area contributed by atoms with Crippen LogP contribution in [0.2, 0.25) is 0 Å². The van der Waals surface area contributed by atoms with E-state index in [-0.39, 0.29) is 0 Å². The molecule has 0 spiro atoms. The Kier molecular flexibility index (Phi) is 9.50. The zero-order valence-electron chi connectivity index (χ0n) is 15.0. The van der Waals surface area contributed by atoms with Crippen LogP contribution in [0.1, 0.15) is 103 Å². The van der Waals surface area contributed by atoms with Crippen molar-refractivity contribution < 1.29 is 0 Å². The molecule has 2 rings (SSSR count). The smallest absolute Gasteiger partial charge is 0.00314 e. The molecule has 0 heterocycles. The quantitative estimate of drug-likeness (QED) is 0.287. The summed E-state index contributed by atoms with van der Waals surface area (Å²) < 4.78 is 0. The van der Waals surface area contributed by atoms with Crippen LogP contribution in [-0.2, 0) is 0 Å². The minimum Gasteiger partial charge on any atom is -0.0928 e. The van der Waals surface area contributed by atoms with Gasteiger partial charge in [0.1, 0.15) is 0 Å². The lowest BCUT2D eigenvalue weighted by atomic mass is 9.66. The van der Waals surface area contributed by atoms with E-state index in [1.807, 2.05) is 0 Å². The largest absolute Gasteiger partial charge is 0.0928 e. The molecule has 2 aliphatic rings. The minimum atomic E-state index is 1.06. The van der Waals surface area contributed by atoms with Crippen molar-refractivity contribution in [1.82, 2.24) is 0 Å². The number of hydrogen-bond donors (Lipinski definition) is 0. The third kappa shape index (κ3) is 6.17. The van der Waals surface area contributed by atoms with E-state index in [4.69, 9.17) is 0 Å². The lowest BCUT2D eigenvalue weighted by Crippen LogP contribution is -2.29. The lowest BCUT2D eigenvalue weighted by Gasteiger charge is -2.40. The molecule has 1 heteroatoms. The summed E-state index contributed by atoms with van der Waals surface area (Å²) in [5, 5.41) is 1.21. The van der Waals surface area contributed by atoms with Gasteiger partial charge in [0, 0.05) is 5.33 Å². The number of alkyl halides is 1. The maximum Gasteiger partial charge on any atom is 0.00314 e. The first-order chi connectivity index (χ1) is 10.8. The van der Waals surface area contributed by atoms with Gasteiger partial charge in [0.25, 0.3) is 0 Å². The average Bonchev–Trinajstić information content (AvgIpc) is 2.58. The highest BCUT2D eigenvalue weighted by atomic mass is 79.9. The maximum atomic E-state index is 3.67. The highest BCUT2D eigenvalue weighted by Crippen LogP contribution is 2.44. The summed E-state index contributed by atoms with van der Waals surface area (Å²) in [6, 6.07) is 0. The molecule has 0 saturated heterocycles. The van der Waals surface area contributed by atoms with Gasteiger partial charge >= 0.3 is 0 Å². The van der Waals surface area contributed by atoms with Crippen molar-refractivity contribution in [3.05, 3.63) is 0 Å². The highest BCUT2D eigenvalue weighted by Gasteiger charge is 2.32. The van der Waals surface area contributed by atoms with Crippen LogP contribution in [0.4, 0.5) is 0 Å². The van der Waals surface area contributed by atoms with Crippen LogP contribution >= 0.6 is 15.9 Å². The van der Waals surface area contributed by atoms with Crippen molar-refractivity contribution in [2.75, 3.05) is 5.33 Å². The molecule has 2 saturated carbocycles. The van der Waals surface area contributed by atoms with E-state index in [1.54, 1.807) is 38.5 Å². The molecular weight excluding hydrogens is 332 g/mol. The van der Waals surface area contributed by atoms with Crippen molar-refractivity contribution in [3.8, 4) is 0 Å². The molecule has 0 radical (unpaired) electrons. The molecule has 0 aromatic rings. The zero-order chi connectivity index (χ0) is 15.6. The molecule has 2 fully saturated rings. The maximum absolute atomic E-state index is 3.67. The van der Waals surface area contributed by atoms with Gasteiger partial charge in [-0.1, -0.05) is 93.5 Å². The van der Waals surface area contributed by atoms with Gasteiger partial charge < -0.3 is 0 Å². The van der Waals surface area contributed by atoms with Crippen molar-refractivity contribution in [2.24, 2.45) is 23.7 Å². The summed E-state index contributed by atoms with van der Waals surface area (Å²) in [5.74, 6) is 4.29. The molecule has 130 valence electrons. The van der Waals surface area contributed by atoms with Crippen molar-refractivity contribution >= 4 is 15.9 Å². The van der Waals surface area contributed by atoms with Gasteiger partial charge in [-0.25, -0.2) is 0 Å². The fraction of sp³-hybridized carbons (Fsp3) is 1.00. The van der Waals surface area contributed by atoms with E-state index in [1.165, 1.54) is 63.1 Å². The standard InChI is InChI=1S/C21H39Br/c1-2-3-5-9-18-13-15-20(16-14-18)21(12-8-17-22)19-10-6-4-7-11-19/h18-21H,2-17H2,1H3. The van der Waals surface area contributed by atoms with Crippen LogP contribution in [-0.4, -0.2) is 5.33 Å². The second-order valence-corrected chi connectivity index (χ2v) is 8.96. The van der Waals surface area contributed by atoms with Crippen LogP contribution in [0.15, 0.2) is 0 Å². The molecule has 1 atom stereocenters. The Bertz CT molecular complexity index is 261. The molecule has 0 aliphatic heterocycles. The molecule has 2 aliphatic carbocycles. The molecule has 22 heavy (non-hydrogen) atoms. The Labute approximate surface area is 148 Å². The molecule has 0 aromatic carbocycles. The van der Waals surface area contributed by atoms with Crippen molar-refractivity contribution in [3.63, 3.8) is 0 Å². The van der Waals surface area contributed by atoms with E-state index in [9.17, 15) is 0 Å². The summed E-state index contributed by atoms with van der Waals surface area (Å²) in [5.41, 5.74) is 0. The van der Waals surface area contributed by atoms with Gasteiger partial charge in [0.15, 0.2) is 0 Å². The van der Waals surface area contributed by atoms with E-state index in [2.05, 4.69) is 22.9 Å². The SMILES string of the molecule is CCCCCC1CCC(C(CCCBr)C2CCCCC2)CC1. The minimum absolute atomic E-state index is 1.06. The lowest BCUT2D eigenvalue weighted by molar-refractivity contribution is 0.115. The topological polar surface area (TPSA) is 0 Å². The Morgan fingerprint density at radius 2 is 1.50 bits per heavy atom. The first-order valence-corrected chi connectivity index (χ1v) is 11.5. The van der Waals surface area contributed by atoms with Gasteiger partial charge in [-0.15, -0.1) is 0 Å². The van der Waals surface area contributed by atoms with Gasteiger partial charge in [-0.2, -0.15) is 0 Å². The zero-order valence-corrected chi connectivity index (χ0v) is 16.6. The normalized spacial score (nSPS) is 28.6. The molecule has 1 unspecified atom stereocenters. The van der Waals surface area contributed by atoms with Crippen molar-refractivity contribution in [1.29, 1.82) is 0 Å². The fourth-order valence-corrected chi connectivity index (χ4v) is 5.64. The average molecular weight is 371 g/mol. The van der Waals surface area contributed by atoms with Crippen LogP contribution in [0.5, 0.6) is 0 Å². The Morgan fingerprint density at radius 1 is 0.818 bits per heavy atom. The number of halogens is 1. The third-order valence-corrected chi connectivity index (χ3v) is 7.20. The second-order valence-electron chi connectivity index (χ2n) is 8.17. The van der Waals surface area contributed by atoms with E-state index >= 15 is 0 Å². The second kappa shape index (κ2) is 11.1. The number of rotatable bonds is 9. The number of hydrogen-bond acceptors (Lipinski definition) is 0. The van der Waals surface area contributed by atoms with Crippen LogP contribution in [0.25, 0.3) is 0 Å². The van der Waals surface area contributed by atoms with Crippen LogP contribution in [0, 0.1) is 23.7 Å². The Balaban J connectivity index is 1.78. The van der Waals surface area contributed by atoms with Crippen LogP contribution in [0.3, 0.4) is 0 Å². The first kappa shape index (κ1) is 18.8. The summed E-state index contributed by atoms with van der Waals surface area (Å²) >= 11 is 3.67. The highest BCUT2D eigenvalue weighted by molar-refractivity contribution is 9.09. The van der Waals surface area contributed by atoms with Gasteiger partial charge in [-0.3, -0.25) is 0 Å². The van der Waals surface area contributed by atoms with E-state index < -0.39 is 0 Å². The first-order valence-electron chi connectivity index (χ1n) is 10.4. The molecule has 0 amide bonds. The van der Waals surface area contributed by atoms with Gasteiger partial charge in [-0.05, 0) is 49.4 Å². The van der Waals surface area contributed by atoms with Crippen molar-refractivity contribution in [2.45, 2.75) is 103 Å². The van der Waals surface area contributed by atoms with Gasteiger partial charge in [0.2, 0.25) is 0 Å². The molecule has 0 nitrogen and oxygen atoms in total. The summed E-state index contributed by atoms with van der Waals surface area (Å²) in [6.45, 7) is 2.33. The molecule has 0 bridgehead atoms. The van der Waals surface area contributed by atoms with E-state index in [0.29, 0.717) is 0 Å². The molecule has 0 N–H and O–H groups in total. The summed E-state index contributed by atoms with van der Waals surface area (Å²) in [7, 11) is 0. The monoisotopic (exact) mass is 370 g/mol. The van der Waals surface area contributed by atoms with Gasteiger partial charge in [0.05, 0.1) is 0 Å². The third-order valence-electron chi connectivity index (χ3n) is 6.64. The van der Waals surface area contributed by atoms with Crippen LogP contribution < -0.4 is 0 Å². The Morgan fingerprint density at radius 3 is 2.14 bits per heavy atom. The predicted molar refractivity (Wildman–Crippen MR) is 103 cm³/mol. The number of unbranched alkanes of at least 4 members (excludes halogenated alkanes) is 2. The molecule has 0 aromatic heterocycles. The summed E-state index contributed by atoms with van der Waals surface area (Å²) in [6.07, 6.45) is 22.6. The van der Waals surface area contributed by atoms with E-state index in [0.717, 1.165) is 23.7 Å². The summed E-state index contributed by atoms with van der Waals surface area (Å²) in [4.78, 5) is 0. The molecular formula is C21H39Br. The predicted octanol–water partition coefficient (Wildman–Crippen LogP) is 7.74. The Hall–Kier alpha value is 0.480. The fourth-order valence-electron chi connectivity index (χ4n) is 5.32.